The molecule has 5 nitrogen and oxygen atoms in total. The Morgan fingerprint density at radius 1 is 1.32 bits per heavy atom. The number of hydrogen-bond donors (Lipinski definition) is 3. The molecule has 0 aliphatic carbocycles. The molecule has 0 fully saturated rings. The Morgan fingerprint density at radius 2 is 2.00 bits per heavy atom. The number of carbonyl (C=O) groups is 2. The van der Waals surface area contributed by atoms with Gasteiger partial charge in [-0.2, -0.15) is 0 Å². The Hall–Kier alpha value is -2.04. The average Bonchev–Trinajstić information content (AvgIpc) is 2.35. The summed E-state index contributed by atoms with van der Waals surface area (Å²) in [5.41, 5.74) is 2.07. The van der Waals surface area contributed by atoms with Gasteiger partial charge in [0.25, 0.3) is 0 Å². The molecule has 1 unspecified atom stereocenters. The van der Waals surface area contributed by atoms with Gasteiger partial charge in [0.15, 0.2) is 0 Å². The molecule has 0 heterocycles. The monoisotopic (exact) mass is 264 g/mol. The van der Waals surface area contributed by atoms with Gasteiger partial charge in [-0.1, -0.05) is 31.5 Å². The van der Waals surface area contributed by atoms with Crippen molar-refractivity contribution in [3.8, 4) is 0 Å². The normalized spacial score (nSPS) is 11.7. The molecule has 0 radical (unpaired) electrons. The van der Waals surface area contributed by atoms with Crippen molar-refractivity contribution >= 4 is 17.6 Å². The van der Waals surface area contributed by atoms with E-state index in [-0.39, 0.29) is 12.5 Å². The van der Waals surface area contributed by atoms with Crippen molar-refractivity contribution in [2.45, 2.75) is 32.7 Å². The van der Waals surface area contributed by atoms with E-state index in [4.69, 9.17) is 5.11 Å². The molecule has 0 bridgehead atoms. The Morgan fingerprint density at radius 3 is 2.58 bits per heavy atom. The van der Waals surface area contributed by atoms with E-state index in [1.807, 2.05) is 24.3 Å². The van der Waals surface area contributed by atoms with Gasteiger partial charge in [0.1, 0.15) is 6.04 Å². The Kier molecular flexibility index (Phi) is 5.85. The average molecular weight is 264 g/mol. The number of anilines is 1. The summed E-state index contributed by atoms with van der Waals surface area (Å²) in [6.07, 6.45) is 1.95. The van der Waals surface area contributed by atoms with Crippen LogP contribution in [0.5, 0.6) is 0 Å². The molecule has 1 aromatic rings. The highest BCUT2D eigenvalue weighted by molar-refractivity contribution is 5.82. The lowest BCUT2D eigenvalue weighted by Gasteiger charge is -2.16. The second-order valence-electron chi connectivity index (χ2n) is 4.38. The van der Waals surface area contributed by atoms with E-state index in [9.17, 15) is 9.59 Å². The van der Waals surface area contributed by atoms with Gasteiger partial charge in [0.05, 0.1) is 0 Å². The lowest BCUT2D eigenvalue weighted by atomic mass is 10.1. The van der Waals surface area contributed by atoms with Crippen LogP contribution in [0.15, 0.2) is 24.3 Å². The molecule has 0 aliphatic rings. The van der Waals surface area contributed by atoms with E-state index in [1.165, 1.54) is 6.92 Å². The third-order valence-electron chi connectivity index (χ3n) is 2.71. The number of carboxylic acids is 1. The number of nitrogens with one attached hydrogen (secondary N) is 2. The zero-order chi connectivity index (χ0) is 14.3. The van der Waals surface area contributed by atoms with Crippen molar-refractivity contribution in [2.75, 3.05) is 11.9 Å². The molecule has 0 saturated carbocycles. The molecule has 1 amide bonds. The Labute approximate surface area is 113 Å². The van der Waals surface area contributed by atoms with Crippen LogP contribution in [0.25, 0.3) is 0 Å². The van der Waals surface area contributed by atoms with Gasteiger partial charge in [-0.3, -0.25) is 4.79 Å². The fourth-order valence-electron chi connectivity index (χ4n) is 1.84. The third kappa shape index (κ3) is 4.99. The van der Waals surface area contributed by atoms with Gasteiger partial charge in [0, 0.05) is 19.2 Å². The fourth-order valence-corrected chi connectivity index (χ4v) is 1.84. The van der Waals surface area contributed by atoms with Crippen molar-refractivity contribution in [1.29, 1.82) is 0 Å². The Bertz CT molecular complexity index is 446. The molecular formula is C14H20N2O3. The maximum atomic E-state index is 11.0. The van der Waals surface area contributed by atoms with Gasteiger partial charge in [-0.15, -0.1) is 0 Å². The molecular weight excluding hydrogens is 244 g/mol. The van der Waals surface area contributed by atoms with Crippen molar-refractivity contribution in [2.24, 2.45) is 0 Å². The molecule has 0 saturated heterocycles. The first-order chi connectivity index (χ1) is 9.04. The van der Waals surface area contributed by atoms with E-state index >= 15 is 0 Å². The lowest BCUT2D eigenvalue weighted by Crippen LogP contribution is -2.44. The smallest absolute Gasteiger partial charge is 0.328 e. The number of aliphatic carboxylic acids is 1. The molecule has 19 heavy (non-hydrogen) atoms. The van der Waals surface area contributed by atoms with E-state index in [0.29, 0.717) is 0 Å². The summed E-state index contributed by atoms with van der Waals surface area (Å²) in [6, 6.07) is 6.86. The Balaban J connectivity index is 2.68. The van der Waals surface area contributed by atoms with Crippen LogP contribution in [-0.4, -0.2) is 29.6 Å². The largest absolute Gasteiger partial charge is 0.480 e. The van der Waals surface area contributed by atoms with Crippen molar-refractivity contribution in [3.05, 3.63) is 29.8 Å². The van der Waals surface area contributed by atoms with Crippen LogP contribution >= 0.6 is 0 Å². The summed E-state index contributed by atoms with van der Waals surface area (Å²) in [5, 5.41) is 14.5. The van der Waals surface area contributed by atoms with Crippen LogP contribution in [0.4, 0.5) is 5.69 Å². The van der Waals surface area contributed by atoms with Crippen molar-refractivity contribution < 1.29 is 14.7 Å². The van der Waals surface area contributed by atoms with E-state index in [0.717, 1.165) is 24.1 Å². The topological polar surface area (TPSA) is 78.4 Å². The molecule has 0 aliphatic heterocycles. The first kappa shape index (κ1) is 15.0. The maximum absolute atomic E-state index is 11.0. The second-order valence-corrected chi connectivity index (χ2v) is 4.38. The van der Waals surface area contributed by atoms with Crippen molar-refractivity contribution in [3.63, 3.8) is 0 Å². The summed E-state index contributed by atoms with van der Waals surface area (Å²) in [4.78, 5) is 21.9. The number of hydrogen-bond acceptors (Lipinski definition) is 3. The zero-order valence-corrected chi connectivity index (χ0v) is 11.3. The highest BCUT2D eigenvalue weighted by Gasteiger charge is 2.18. The fraction of sp³-hybridized carbons (Fsp3) is 0.429. The number of carbonyl (C=O) groups excluding carboxylic acids is 1. The number of rotatable bonds is 7. The number of benzene rings is 1. The number of amides is 1. The minimum absolute atomic E-state index is 0.162. The molecule has 5 heteroatoms. The molecule has 3 N–H and O–H groups in total. The van der Waals surface area contributed by atoms with Crippen LogP contribution in [0.2, 0.25) is 0 Å². The van der Waals surface area contributed by atoms with Crippen LogP contribution < -0.4 is 10.6 Å². The predicted molar refractivity (Wildman–Crippen MR) is 74.2 cm³/mol. The van der Waals surface area contributed by atoms with Gasteiger partial charge in [0.2, 0.25) is 5.91 Å². The first-order valence-corrected chi connectivity index (χ1v) is 6.36. The standard InChI is InChI=1S/C14H20N2O3/c1-3-6-11-7-4-5-8-12(11)15-9-13(14(18)19)16-10(2)17/h4-5,7-8,13,15H,3,6,9H2,1-2H3,(H,16,17)(H,18,19). The van der Waals surface area contributed by atoms with Gasteiger partial charge < -0.3 is 15.7 Å². The number of para-hydroxylation sites is 1. The van der Waals surface area contributed by atoms with Gasteiger partial charge in [-0.25, -0.2) is 4.79 Å². The number of aryl methyl sites for hydroxylation is 1. The van der Waals surface area contributed by atoms with E-state index < -0.39 is 12.0 Å². The molecule has 1 atom stereocenters. The second kappa shape index (κ2) is 7.41. The first-order valence-electron chi connectivity index (χ1n) is 6.36. The number of carboxylic acid groups (broad SMARTS) is 1. The van der Waals surface area contributed by atoms with Crippen LogP contribution in [-0.2, 0) is 16.0 Å². The van der Waals surface area contributed by atoms with Crippen LogP contribution in [0, 0.1) is 0 Å². The SMILES string of the molecule is CCCc1ccccc1NCC(NC(C)=O)C(=O)O. The molecule has 1 rings (SSSR count). The predicted octanol–water partition coefficient (Wildman–Crippen LogP) is 1.64. The molecule has 0 spiro atoms. The summed E-state index contributed by atoms with van der Waals surface area (Å²) in [7, 11) is 0. The quantitative estimate of drug-likeness (QED) is 0.699. The third-order valence-corrected chi connectivity index (χ3v) is 2.71. The summed E-state index contributed by atoms with van der Waals surface area (Å²) in [5.74, 6) is -1.40. The summed E-state index contributed by atoms with van der Waals surface area (Å²) >= 11 is 0. The van der Waals surface area contributed by atoms with Crippen LogP contribution in [0.1, 0.15) is 25.8 Å². The summed E-state index contributed by atoms with van der Waals surface area (Å²) < 4.78 is 0. The van der Waals surface area contributed by atoms with Crippen LogP contribution in [0.3, 0.4) is 0 Å². The molecule has 104 valence electrons. The molecule has 1 aromatic carbocycles. The highest BCUT2D eigenvalue weighted by atomic mass is 16.4. The van der Waals surface area contributed by atoms with E-state index in [2.05, 4.69) is 17.6 Å². The summed E-state index contributed by atoms with van der Waals surface area (Å²) in [6.45, 7) is 3.56. The van der Waals surface area contributed by atoms with Gasteiger partial charge >= 0.3 is 5.97 Å². The minimum Gasteiger partial charge on any atom is -0.480 e. The maximum Gasteiger partial charge on any atom is 0.328 e. The van der Waals surface area contributed by atoms with Crippen molar-refractivity contribution in [1.82, 2.24) is 5.32 Å². The highest BCUT2D eigenvalue weighted by Crippen LogP contribution is 2.16. The molecule has 0 aromatic heterocycles. The zero-order valence-electron chi connectivity index (χ0n) is 11.3. The lowest BCUT2D eigenvalue weighted by molar-refractivity contribution is -0.141. The van der Waals surface area contributed by atoms with E-state index in [1.54, 1.807) is 0 Å². The minimum atomic E-state index is -1.05. The van der Waals surface area contributed by atoms with Gasteiger partial charge in [-0.05, 0) is 18.1 Å².